The van der Waals surface area contributed by atoms with E-state index in [0.717, 1.165) is 10.9 Å². The number of methoxy groups -OCH3 is 1. The summed E-state index contributed by atoms with van der Waals surface area (Å²) in [6.45, 7) is 2.55. The lowest BCUT2D eigenvalue weighted by molar-refractivity contribution is -0.172. The molecule has 0 unspecified atom stereocenters. The van der Waals surface area contributed by atoms with Crippen molar-refractivity contribution in [1.29, 1.82) is 0 Å². The highest BCUT2D eigenvalue weighted by atomic mass is 33.1. The number of aromatic nitrogens is 2. The molecule has 5 rings (SSSR count). The number of amides is 2. The molecular weight excluding hydrogens is 636 g/mol. The highest BCUT2D eigenvalue weighted by Crippen LogP contribution is 2.39. The number of hydrogen-bond donors (Lipinski definition) is 3. The van der Waals surface area contributed by atoms with Crippen LogP contribution in [-0.2, 0) is 47.4 Å². The molecule has 1 aromatic carbocycles. The highest BCUT2D eigenvalue weighted by Gasteiger charge is 2.45. The van der Waals surface area contributed by atoms with Crippen molar-refractivity contribution in [3.63, 3.8) is 0 Å². The van der Waals surface area contributed by atoms with Gasteiger partial charge < -0.3 is 34.5 Å². The number of pyridine rings is 2. The number of rotatable bonds is 14. The third-order valence-corrected chi connectivity index (χ3v) is 9.87. The van der Waals surface area contributed by atoms with Gasteiger partial charge in [-0.3, -0.25) is 19.2 Å². The zero-order chi connectivity index (χ0) is 32.8. The quantitative estimate of drug-likeness (QED) is 0.0588. The van der Waals surface area contributed by atoms with E-state index < -0.39 is 17.5 Å². The molecule has 0 radical (unpaired) electrons. The molecule has 3 aromatic rings. The van der Waals surface area contributed by atoms with Crippen LogP contribution in [0.25, 0.3) is 22.3 Å². The normalized spacial score (nSPS) is 16.3. The number of hydrogen-bond acceptors (Lipinski definition) is 12. The summed E-state index contributed by atoms with van der Waals surface area (Å²) in [6.07, 6.45) is 0.419. The molecule has 1 atom stereocenters. The van der Waals surface area contributed by atoms with Crippen LogP contribution in [0, 0.1) is 0 Å². The Labute approximate surface area is 272 Å². The van der Waals surface area contributed by atoms with Gasteiger partial charge in [0.2, 0.25) is 11.8 Å². The number of ether oxygens (including phenoxy) is 3. The number of carbonyl (C=O) groups is 4. The molecule has 15 heteroatoms. The molecule has 3 N–H and O–H groups in total. The van der Waals surface area contributed by atoms with E-state index >= 15 is 0 Å². The molecule has 244 valence electrons. The van der Waals surface area contributed by atoms with Crippen molar-refractivity contribution in [2.75, 3.05) is 31.9 Å². The largest absolute Gasteiger partial charge is 0.458 e. The molecule has 0 aliphatic carbocycles. The van der Waals surface area contributed by atoms with Crippen LogP contribution in [0.5, 0.6) is 5.75 Å². The van der Waals surface area contributed by atoms with Crippen LogP contribution in [0.3, 0.4) is 0 Å². The number of aliphatic hydroxyl groups is 1. The number of cyclic esters (lactones) is 1. The number of fused-ring (bicyclic) bond motifs is 5. The standard InChI is InChI=1S/C31H34N4O9S2/c1-3-31(41)22-14-24-28-19(15-35(24)29(39)21(22)16-43-30(31)40)12-18-13-20(4-5-23(18)34-28)44-27(38)8-11-45-46-17-33-26(37)7-6-25(36)32-9-10-42-2/h4-5,12-14,41H,3,6-11,15-17H2,1-2H3,(H,32,36)(H,33,37)/t31-/m0/s1. The lowest BCUT2D eigenvalue weighted by Crippen LogP contribution is -2.44. The Morgan fingerprint density at radius 1 is 1.09 bits per heavy atom. The second-order valence-corrected chi connectivity index (χ2v) is 13.3. The minimum absolute atomic E-state index is 0.0653. The molecular formula is C31H34N4O9S2. The van der Waals surface area contributed by atoms with Crippen LogP contribution in [0.4, 0.5) is 0 Å². The van der Waals surface area contributed by atoms with Crippen LogP contribution >= 0.6 is 21.6 Å². The maximum absolute atomic E-state index is 13.4. The summed E-state index contributed by atoms with van der Waals surface area (Å²) >= 11 is 0. The zero-order valence-electron chi connectivity index (χ0n) is 25.4. The van der Waals surface area contributed by atoms with E-state index in [9.17, 15) is 29.1 Å². The van der Waals surface area contributed by atoms with Crippen LogP contribution in [0.15, 0.2) is 35.1 Å². The minimum atomic E-state index is -1.89. The predicted molar refractivity (Wildman–Crippen MR) is 172 cm³/mol. The summed E-state index contributed by atoms with van der Waals surface area (Å²) in [6, 6.07) is 8.65. The molecule has 13 nitrogen and oxygen atoms in total. The van der Waals surface area contributed by atoms with E-state index in [0.29, 0.717) is 47.4 Å². The Bertz CT molecular complexity index is 1750. The second kappa shape index (κ2) is 14.7. The lowest BCUT2D eigenvalue weighted by Gasteiger charge is -2.31. The molecule has 0 saturated heterocycles. The van der Waals surface area contributed by atoms with Gasteiger partial charge in [-0.1, -0.05) is 28.5 Å². The van der Waals surface area contributed by atoms with Crippen molar-refractivity contribution in [2.45, 2.75) is 51.4 Å². The average molecular weight is 671 g/mol. The van der Waals surface area contributed by atoms with Gasteiger partial charge in [-0.2, -0.15) is 0 Å². The first-order valence-corrected chi connectivity index (χ1v) is 17.2. The summed E-state index contributed by atoms with van der Waals surface area (Å²) in [4.78, 5) is 66.5. The first-order valence-electron chi connectivity index (χ1n) is 14.7. The van der Waals surface area contributed by atoms with Gasteiger partial charge >= 0.3 is 11.9 Å². The third-order valence-electron chi connectivity index (χ3n) is 7.72. The first-order chi connectivity index (χ1) is 22.1. The van der Waals surface area contributed by atoms with Crippen molar-refractivity contribution in [3.05, 3.63) is 57.4 Å². The molecule has 2 amide bonds. The van der Waals surface area contributed by atoms with Crippen LogP contribution < -0.4 is 20.9 Å². The maximum Gasteiger partial charge on any atom is 0.343 e. The van der Waals surface area contributed by atoms with Crippen LogP contribution in [0.1, 0.15) is 49.3 Å². The summed E-state index contributed by atoms with van der Waals surface area (Å²) < 4.78 is 17.1. The van der Waals surface area contributed by atoms with Crippen molar-refractivity contribution in [1.82, 2.24) is 20.2 Å². The van der Waals surface area contributed by atoms with E-state index in [1.54, 1.807) is 42.9 Å². The Kier molecular flexibility index (Phi) is 10.7. The predicted octanol–water partition coefficient (Wildman–Crippen LogP) is 2.37. The molecule has 4 heterocycles. The van der Waals surface area contributed by atoms with Crippen molar-refractivity contribution >= 4 is 56.2 Å². The smallest absolute Gasteiger partial charge is 0.343 e. The third kappa shape index (κ3) is 7.22. The second-order valence-electron chi connectivity index (χ2n) is 10.7. The molecule has 0 spiro atoms. The fraction of sp³-hybridized carbons (Fsp3) is 0.419. The fourth-order valence-corrected chi connectivity index (χ4v) is 6.94. The summed E-state index contributed by atoms with van der Waals surface area (Å²) in [7, 11) is 4.35. The molecule has 0 bridgehead atoms. The van der Waals surface area contributed by atoms with Gasteiger partial charge in [0.1, 0.15) is 12.4 Å². The van der Waals surface area contributed by atoms with E-state index in [1.807, 2.05) is 6.07 Å². The Hall–Kier alpha value is -3.92. The van der Waals surface area contributed by atoms with E-state index in [1.165, 1.54) is 21.6 Å². The van der Waals surface area contributed by atoms with Gasteiger partial charge in [0.05, 0.1) is 47.9 Å². The first kappa shape index (κ1) is 33.4. The van der Waals surface area contributed by atoms with Gasteiger partial charge in [0.25, 0.3) is 5.56 Å². The number of benzene rings is 1. The Balaban J connectivity index is 1.12. The maximum atomic E-state index is 13.4. The Morgan fingerprint density at radius 2 is 1.87 bits per heavy atom. The Morgan fingerprint density at radius 3 is 2.63 bits per heavy atom. The number of nitrogens with zero attached hydrogens (tertiary/aromatic N) is 2. The molecule has 2 aromatic heterocycles. The van der Waals surface area contributed by atoms with E-state index in [2.05, 4.69) is 10.6 Å². The van der Waals surface area contributed by atoms with Crippen molar-refractivity contribution in [3.8, 4) is 17.1 Å². The van der Waals surface area contributed by atoms with Crippen LogP contribution in [0.2, 0.25) is 0 Å². The lowest BCUT2D eigenvalue weighted by atomic mass is 9.86. The topological polar surface area (TPSA) is 175 Å². The molecule has 2 aliphatic rings. The van der Waals surface area contributed by atoms with Crippen LogP contribution in [-0.4, -0.2) is 70.3 Å². The summed E-state index contributed by atoms with van der Waals surface area (Å²) in [5, 5.41) is 17.1. The van der Waals surface area contributed by atoms with Gasteiger partial charge in [0.15, 0.2) is 5.60 Å². The van der Waals surface area contributed by atoms with Gasteiger partial charge in [-0.15, -0.1) is 0 Å². The number of esters is 2. The van der Waals surface area contributed by atoms with Crippen molar-refractivity contribution in [2.24, 2.45) is 0 Å². The highest BCUT2D eigenvalue weighted by molar-refractivity contribution is 8.76. The minimum Gasteiger partial charge on any atom is -0.458 e. The number of nitrogens with one attached hydrogen (secondary N) is 2. The SMILES string of the molecule is CC[C@@]1(O)C(=O)OCc2c1cc1n(c2=O)Cc2cc3cc(OC(=O)CCSSCNC(=O)CCC(=O)NCCOC)ccc3nc2-1. The fourth-order valence-electron chi connectivity index (χ4n) is 5.24. The summed E-state index contributed by atoms with van der Waals surface area (Å²) in [5.41, 5.74) is 0.820. The number of carbonyl (C=O) groups excluding carboxylic acids is 4. The summed E-state index contributed by atoms with van der Waals surface area (Å²) in [5.74, 6) is -0.427. The molecule has 0 saturated carbocycles. The molecule has 2 aliphatic heterocycles. The van der Waals surface area contributed by atoms with E-state index in [-0.39, 0.29) is 67.3 Å². The average Bonchev–Trinajstić information content (AvgIpc) is 3.40. The van der Waals surface area contributed by atoms with Gasteiger partial charge in [-0.05, 0) is 36.8 Å². The molecule has 46 heavy (non-hydrogen) atoms. The van der Waals surface area contributed by atoms with E-state index in [4.69, 9.17) is 19.2 Å². The van der Waals surface area contributed by atoms with Gasteiger partial charge in [-0.25, -0.2) is 9.78 Å². The zero-order valence-corrected chi connectivity index (χ0v) is 27.0. The monoisotopic (exact) mass is 670 g/mol. The molecule has 0 fully saturated rings. The van der Waals surface area contributed by atoms with Crippen molar-refractivity contribution < 1.29 is 38.5 Å². The van der Waals surface area contributed by atoms with Gasteiger partial charge in [0, 0.05) is 48.8 Å².